The molecule has 0 saturated carbocycles. The number of fused-ring (bicyclic) bond motifs is 1. The zero-order valence-electron chi connectivity index (χ0n) is 12.5. The third kappa shape index (κ3) is 3.14. The van der Waals surface area contributed by atoms with E-state index >= 15 is 0 Å². The van der Waals surface area contributed by atoms with Crippen LogP contribution in [0.2, 0.25) is 0 Å². The summed E-state index contributed by atoms with van der Waals surface area (Å²) in [6.07, 6.45) is -0.687. The number of carbonyl (C=O) groups is 2. The van der Waals surface area contributed by atoms with Crippen molar-refractivity contribution in [2.75, 3.05) is 11.9 Å². The van der Waals surface area contributed by atoms with Crippen molar-refractivity contribution in [3.63, 3.8) is 0 Å². The van der Waals surface area contributed by atoms with Gasteiger partial charge in [0, 0.05) is 15.6 Å². The molecule has 1 N–H and O–H groups in total. The predicted molar refractivity (Wildman–Crippen MR) is 92.0 cm³/mol. The normalized spacial score (nSPS) is 10.6. The van der Waals surface area contributed by atoms with E-state index in [1.165, 1.54) is 35.6 Å². The van der Waals surface area contributed by atoms with Gasteiger partial charge in [-0.25, -0.2) is 9.18 Å². The Bertz CT molecular complexity index is 902. The van der Waals surface area contributed by atoms with Gasteiger partial charge < -0.3 is 4.74 Å². The number of anilines is 1. The van der Waals surface area contributed by atoms with Crippen LogP contribution in [0.5, 0.6) is 0 Å². The Morgan fingerprint density at radius 3 is 2.58 bits per heavy atom. The molecule has 3 aromatic rings. The molecule has 0 atom stereocenters. The van der Waals surface area contributed by atoms with E-state index in [1.54, 1.807) is 6.07 Å². The van der Waals surface area contributed by atoms with E-state index < -0.39 is 11.9 Å². The summed E-state index contributed by atoms with van der Waals surface area (Å²) in [7, 11) is 0. The number of hydrogen-bond donors (Lipinski definition) is 1. The first-order valence-electron chi connectivity index (χ1n) is 7.13. The van der Waals surface area contributed by atoms with Crippen molar-refractivity contribution >= 4 is 39.0 Å². The van der Waals surface area contributed by atoms with Gasteiger partial charge in [-0.15, -0.1) is 11.3 Å². The van der Waals surface area contributed by atoms with Crippen molar-refractivity contribution in [3.8, 4) is 0 Å². The molecule has 0 aliphatic carbocycles. The lowest BCUT2D eigenvalue weighted by Crippen LogP contribution is -2.16. The largest absolute Gasteiger partial charge is 0.449 e. The van der Waals surface area contributed by atoms with E-state index in [1.807, 2.05) is 17.5 Å². The molecule has 4 nitrogen and oxygen atoms in total. The molecule has 0 spiro atoms. The van der Waals surface area contributed by atoms with Crippen LogP contribution >= 0.6 is 11.3 Å². The Labute approximate surface area is 141 Å². The number of ketones is 1. The Morgan fingerprint density at radius 2 is 1.88 bits per heavy atom. The number of rotatable bonds is 4. The highest BCUT2D eigenvalue weighted by atomic mass is 32.1. The molecule has 0 unspecified atom stereocenters. The highest BCUT2D eigenvalue weighted by Gasteiger charge is 2.19. The first-order chi connectivity index (χ1) is 11.6. The van der Waals surface area contributed by atoms with E-state index in [2.05, 4.69) is 12.2 Å². The average molecular weight is 342 g/mol. The average Bonchev–Trinajstić information content (AvgIpc) is 3.03. The lowest BCUT2D eigenvalue weighted by molar-refractivity contribution is 0.104. The van der Waals surface area contributed by atoms with Crippen LogP contribution < -0.4 is 5.32 Å². The van der Waals surface area contributed by atoms with Crippen LogP contribution in [0.1, 0.15) is 15.9 Å². The molecule has 2 aromatic carbocycles. The maximum Gasteiger partial charge on any atom is 0.411 e. The maximum absolute atomic E-state index is 13.1. The molecule has 0 aliphatic rings. The number of thiophene rings is 1. The molecular weight excluding hydrogens is 329 g/mol. The van der Waals surface area contributed by atoms with Crippen molar-refractivity contribution < 1.29 is 18.7 Å². The standard InChI is InChI=1S/C18H13FNO3S/c1-2-23-18(22)20-14-7-8-15-13(9-10-24-15)16(14)17(21)11-3-5-12(19)6-4-11/h3-10H,1-2H2,(H,20,22). The molecule has 0 fully saturated rings. The van der Waals surface area contributed by atoms with Gasteiger partial charge in [0.15, 0.2) is 5.78 Å². The number of carbonyl (C=O) groups excluding carboxylic acids is 2. The first kappa shape index (κ1) is 16.1. The van der Waals surface area contributed by atoms with Crippen molar-refractivity contribution in [2.24, 2.45) is 0 Å². The topological polar surface area (TPSA) is 55.4 Å². The molecule has 1 radical (unpaired) electrons. The smallest absolute Gasteiger partial charge is 0.411 e. The fourth-order valence-electron chi connectivity index (χ4n) is 2.38. The Morgan fingerprint density at radius 1 is 1.12 bits per heavy atom. The molecule has 3 rings (SSSR count). The summed E-state index contributed by atoms with van der Waals surface area (Å²) >= 11 is 1.49. The number of ether oxygens (including phenoxy) is 1. The van der Waals surface area contributed by atoms with Crippen LogP contribution in [0.3, 0.4) is 0 Å². The number of hydrogen-bond acceptors (Lipinski definition) is 4. The second kappa shape index (κ2) is 6.80. The van der Waals surface area contributed by atoms with E-state index in [-0.39, 0.29) is 12.4 Å². The second-order valence-electron chi connectivity index (χ2n) is 4.92. The van der Waals surface area contributed by atoms with Gasteiger partial charge in [0.2, 0.25) is 0 Å². The van der Waals surface area contributed by atoms with Crippen LogP contribution in [0, 0.1) is 12.7 Å². The van der Waals surface area contributed by atoms with Crippen LogP contribution in [-0.4, -0.2) is 18.5 Å². The molecule has 121 valence electrons. The second-order valence-corrected chi connectivity index (χ2v) is 5.87. The Hall–Kier alpha value is -2.73. The quantitative estimate of drug-likeness (QED) is 0.702. The first-order valence-corrected chi connectivity index (χ1v) is 8.01. The van der Waals surface area contributed by atoms with E-state index in [0.29, 0.717) is 16.8 Å². The summed E-state index contributed by atoms with van der Waals surface area (Å²) in [5, 5.41) is 5.15. The fourth-order valence-corrected chi connectivity index (χ4v) is 3.17. The zero-order chi connectivity index (χ0) is 17.1. The maximum atomic E-state index is 13.1. The van der Waals surface area contributed by atoms with Gasteiger partial charge in [-0.1, -0.05) is 0 Å². The van der Waals surface area contributed by atoms with Gasteiger partial charge in [-0.3, -0.25) is 10.1 Å². The van der Waals surface area contributed by atoms with Crippen molar-refractivity contribution in [1.29, 1.82) is 0 Å². The molecule has 0 aliphatic heterocycles. The highest BCUT2D eigenvalue weighted by molar-refractivity contribution is 7.17. The van der Waals surface area contributed by atoms with Gasteiger partial charge in [0.05, 0.1) is 17.9 Å². The lowest BCUT2D eigenvalue weighted by atomic mass is 9.98. The number of benzene rings is 2. The van der Waals surface area contributed by atoms with Gasteiger partial charge in [-0.05, 0) is 54.8 Å². The molecule has 1 amide bonds. The molecule has 1 heterocycles. The summed E-state index contributed by atoms with van der Waals surface area (Å²) in [6, 6.07) is 10.6. The third-order valence-corrected chi connectivity index (χ3v) is 4.32. The molecule has 0 bridgehead atoms. The minimum Gasteiger partial charge on any atom is -0.449 e. The van der Waals surface area contributed by atoms with E-state index in [4.69, 9.17) is 4.74 Å². The summed E-state index contributed by atoms with van der Waals surface area (Å²) in [5.74, 6) is -0.721. The van der Waals surface area contributed by atoms with Gasteiger partial charge in [0.1, 0.15) is 5.82 Å². The number of amides is 1. The molecule has 1 aromatic heterocycles. The number of halogens is 1. The van der Waals surface area contributed by atoms with Crippen molar-refractivity contribution in [2.45, 2.75) is 0 Å². The van der Waals surface area contributed by atoms with Gasteiger partial charge in [-0.2, -0.15) is 0 Å². The number of nitrogens with one attached hydrogen (secondary N) is 1. The van der Waals surface area contributed by atoms with E-state index in [0.717, 1.165) is 10.1 Å². The molecule has 0 saturated heterocycles. The predicted octanol–water partition coefficient (Wildman–Crippen LogP) is 4.65. The van der Waals surface area contributed by atoms with Crippen LogP contribution in [-0.2, 0) is 4.74 Å². The van der Waals surface area contributed by atoms with Crippen molar-refractivity contribution in [1.82, 2.24) is 0 Å². The van der Waals surface area contributed by atoms with Crippen molar-refractivity contribution in [3.05, 3.63) is 71.7 Å². The van der Waals surface area contributed by atoms with E-state index in [9.17, 15) is 14.0 Å². The van der Waals surface area contributed by atoms with Gasteiger partial charge in [0.25, 0.3) is 0 Å². The summed E-state index contributed by atoms with van der Waals surface area (Å²) in [5.41, 5.74) is 1.03. The lowest BCUT2D eigenvalue weighted by Gasteiger charge is -2.12. The zero-order valence-corrected chi connectivity index (χ0v) is 13.4. The third-order valence-electron chi connectivity index (χ3n) is 3.44. The Balaban J connectivity index is 2.09. The minimum atomic E-state index is -0.687. The summed E-state index contributed by atoms with van der Waals surface area (Å²) in [6.45, 7) is 3.42. The molecule has 6 heteroatoms. The Kier molecular flexibility index (Phi) is 4.57. The summed E-state index contributed by atoms with van der Waals surface area (Å²) in [4.78, 5) is 24.6. The molecule has 24 heavy (non-hydrogen) atoms. The minimum absolute atomic E-state index is 0.0201. The highest BCUT2D eigenvalue weighted by Crippen LogP contribution is 2.32. The van der Waals surface area contributed by atoms with Crippen LogP contribution in [0.4, 0.5) is 14.9 Å². The monoisotopic (exact) mass is 342 g/mol. The van der Waals surface area contributed by atoms with Crippen LogP contribution in [0.25, 0.3) is 10.1 Å². The van der Waals surface area contributed by atoms with Gasteiger partial charge >= 0.3 is 6.09 Å². The van der Waals surface area contributed by atoms with Crippen LogP contribution in [0.15, 0.2) is 47.8 Å². The SMILES string of the molecule is [CH2]COC(=O)Nc1ccc2sccc2c1C(=O)c1ccc(F)cc1. The summed E-state index contributed by atoms with van der Waals surface area (Å²) < 4.78 is 18.8. The molecular formula is C18H13FNO3S. The fraction of sp³-hybridized carbons (Fsp3) is 0.0556.